The molecular formula is C15H19N3O. The molecule has 0 atom stereocenters. The Balaban J connectivity index is 2.13. The van der Waals surface area contributed by atoms with E-state index < -0.39 is 0 Å². The third kappa shape index (κ3) is 3.02. The van der Waals surface area contributed by atoms with E-state index in [1.54, 1.807) is 10.9 Å². The minimum atomic E-state index is -0.366. The van der Waals surface area contributed by atoms with Gasteiger partial charge in [-0.2, -0.15) is 5.10 Å². The van der Waals surface area contributed by atoms with Crippen LogP contribution >= 0.6 is 0 Å². The first-order valence-corrected chi connectivity index (χ1v) is 6.44. The molecule has 0 bridgehead atoms. The van der Waals surface area contributed by atoms with E-state index in [1.165, 1.54) is 0 Å². The van der Waals surface area contributed by atoms with E-state index in [2.05, 4.69) is 10.4 Å². The molecule has 1 heterocycles. The van der Waals surface area contributed by atoms with Gasteiger partial charge in [0.1, 0.15) is 0 Å². The average molecular weight is 257 g/mol. The zero-order chi connectivity index (χ0) is 13.9. The molecule has 2 aromatic rings. The molecule has 0 spiro atoms. The van der Waals surface area contributed by atoms with Crippen LogP contribution in [0.4, 0.5) is 5.69 Å². The zero-order valence-electron chi connectivity index (χ0n) is 11.6. The maximum Gasteiger partial charge on any atom is 0.230 e. The second-order valence-electron chi connectivity index (χ2n) is 5.20. The molecule has 1 amide bonds. The lowest BCUT2D eigenvalue weighted by Gasteiger charge is -2.20. The number of nitrogens with one attached hydrogen (secondary N) is 1. The number of aromatic nitrogens is 2. The van der Waals surface area contributed by atoms with Crippen molar-refractivity contribution in [3.05, 3.63) is 42.7 Å². The Bertz CT molecular complexity index is 558. The highest BCUT2D eigenvalue weighted by Crippen LogP contribution is 2.22. The van der Waals surface area contributed by atoms with E-state index in [-0.39, 0.29) is 11.3 Å². The number of hydrogen-bond acceptors (Lipinski definition) is 2. The summed E-state index contributed by atoms with van der Waals surface area (Å²) in [5.41, 5.74) is 1.32. The monoisotopic (exact) mass is 257 g/mol. The number of para-hydroxylation sites is 1. The molecule has 0 aliphatic rings. The summed E-state index contributed by atoms with van der Waals surface area (Å²) in [5.74, 6) is 0.0163. The lowest BCUT2D eigenvalue weighted by Crippen LogP contribution is -2.29. The van der Waals surface area contributed by atoms with E-state index in [0.717, 1.165) is 17.8 Å². The Labute approximate surface area is 113 Å². The van der Waals surface area contributed by atoms with E-state index >= 15 is 0 Å². The van der Waals surface area contributed by atoms with Crippen LogP contribution in [0.2, 0.25) is 0 Å². The Morgan fingerprint density at radius 3 is 2.63 bits per heavy atom. The summed E-state index contributed by atoms with van der Waals surface area (Å²) in [4.78, 5) is 12.1. The molecule has 0 saturated carbocycles. The molecule has 2 rings (SSSR count). The van der Waals surface area contributed by atoms with Crippen molar-refractivity contribution < 1.29 is 4.79 Å². The smallest absolute Gasteiger partial charge is 0.230 e. The van der Waals surface area contributed by atoms with Crippen molar-refractivity contribution in [2.45, 2.75) is 27.2 Å². The average Bonchev–Trinajstić information content (AvgIpc) is 2.88. The summed E-state index contributed by atoms with van der Waals surface area (Å²) in [6.07, 6.45) is 4.28. The van der Waals surface area contributed by atoms with Crippen molar-refractivity contribution in [3.8, 4) is 5.69 Å². The summed E-state index contributed by atoms with van der Waals surface area (Å²) in [5, 5.41) is 7.15. The molecule has 0 aliphatic heterocycles. The number of rotatable bonds is 4. The van der Waals surface area contributed by atoms with E-state index in [4.69, 9.17) is 0 Å². The molecule has 0 aliphatic carbocycles. The van der Waals surface area contributed by atoms with Crippen LogP contribution < -0.4 is 5.32 Å². The molecule has 1 aromatic heterocycles. The maximum absolute atomic E-state index is 12.1. The number of anilines is 1. The molecule has 0 radical (unpaired) electrons. The fraction of sp³-hybridized carbons (Fsp3) is 0.333. The minimum Gasteiger partial charge on any atom is -0.323 e. The van der Waals surface area contributed by atoms with Gasteiger partial charge in [0.2, 0.25) is 5.91 Å². The van der Waals surface area contributed by atoms with Gasteiger partial charge >= 0.3 is 0 Å². The first-order chi connectivity index (χ1) is 9.03. The van der Waals surface area contributed by atoms with Gasteiger partial charge in [0.05, 0.1) is 23.8 Å². The molecule has 4 nitrogen and oxygen atoms in total. The number of nitrogens with zero attached hydrogens (tertiary/aromatic N) is 2. The molecule has 0 saturated heterocycles. The first-order valence-electron chi connectivity index (χ1n) is 6.44. The van der Waals surface area contributed by atoms with Crippen LogP contribution in [0, 0.1) is 5.41 Å². The SMILES string of the molecule is CCC(C)(C)C(=O)Nc1cnn(-c2ccccc2)c1. The minimum absolute atomic E-state index is 0.0163. The van der Waals surface area contributed by atoms with Gasteiger partial charge in [0.25, 0.3) is 0 Å². The van der Waals surface area contributed by atoms with Gasteiger partial charge in [-0.1, -0.05) is 39.0 Å². The van der Waals surface area contributed by atoms with Crippen molar-refractivity contribution in [2.75, 3.05) is 5.32 Å². The third-order valence-electron chi connectivity index (χ3n) is 3.36. The quantitative estimate of drug-likeness (QED) is 0.914. The van der Waals surface area contributed by atoms with Gasteiger partial charge < -0.3 is 5.32 Å². The molecule has 19 heavy (non-hydrogen) atoms. The second-order valence-corrected chi connectivity index (χ2v) is 5.20. The third-order valence-corrected chi connectivity index (χ3v) is 3.36. The topological polar surface area (TPSA) is 46.9 Å². The fourth-order valence-electron chi connectivity index (χ4n) is 1.57. The first kappa shape index (κ1) is 13.3. The van der Waals surface area contributed by atoms with Gasteiger partial charge in [-0.05, 0) is 18.6 Å². The van der Waals surface area contributed by atoms with Crippen LogP contribution in [-0.2, 0) is 4.79 Å². The van der Waals surface area contributed by atoms with E-state index in [1.807, 2.05) is 57.3 Å². The standard InChI is InChI=1S/C15H19N3O/c1-4-15(2,3)14(19)17-12-10-16-18(11-12)13-8-6-5-7-9-13/h5-11H,4H2,1-3H3,(H,17,19). The normalized spacial score (nSPS) is 11.3. The van der Waals surface area contributed by atoms with Crippen LogP contribution in [0.3, 0.4) is 0 Å². The largest absolute Gasteiger partial charge is 0.323 e. The number of amides is 1. The molecule has 1 N–H and O–H groups in total. The Morgan fingerprint density at radius 2 is 2.00 bits per heavy atom. The summed E-state index contributed by atoms with van der Waals surface area (Å²) >= 11 is 0. The summed E-state index contributed by atoms with van der Waals surface area (Å²) in [6, 6.07) is 9.80. The molecule has 0 fully saturated rings. The van der Waals surface area contributed by atoms with E-state index in [0.29, 0.717) is 0 Å². The maximum atomic E-state index is 12.1. The lowest BCUT2D eigenvalue weighted by molar-refractivity contribution is -0.124. The van der Waals surface area contributed by atoms with Crippen molar-refractivity contribution in [1.29, 1.82) is 0 Å². The second kappa shape index (κ2) is 5.26. The fourth-order valence-corrected chi connectivity index (χ4v) is 1.57. The summed E-state index contributed by atoms with van der Waals surface area (Å²) < 4.78 is 1.74. The highest BCUT2D eigenvalue weighted by molar-refractivity contribution is 5.94. The Kier molecular flexibility index (Phi) is 3.69. The van der Waals surface area contributed by atoms with Crippen molar-refractivity contribution in [2.24, 2.45) is 5.41 Å². The van der Waals surface area contributed by atoms with Gasteiger partial charge in [0.15, 0.2) is 0 Å². The predicted molar refractivity (Wildman–Crippen MR) is 76.3 cm³/mol. The van der Waals surface area contributed by atoms with Crippen LogP contribution in [-0.4, -0.2) is 15.7 Å². The van der Waals surface area contributed by atoms with Crippen LogP contribution in [0.5, 0.6) is 0 Å². The highest BCUT2D eigenvalue weighted by atomic mass is 16.2. The van der Waals surface area contributed by atoms with Gasteiger partial charge in [0, 0.05) is 5.41 Å². The number of benzene rings is 1. The highest BCUT2D eigenvalue weighted by Gasteiger charge is 2.25. The summed E-state index contributed by atoms with van der Waals surface area (Å²) in [7, 11) is 0. The summed E-state index contributed by atoms with van der Waals surface area (Å²) in [6.45, 7) is 5.88. The van der Waals surface area contributed by atoms with Crippen molar-refractivity contribution in [1.82, 2.24) is 9.78 Å². The van der Waals surface area contributed by atoms with Gasteiger partial charge in [-0.15, -0.1) is 0 Å². The lowest BCUT2D eigenvalue weighted by atomic mass is 9.89. The molecular weight excluding hydrogens is 238 g/mol. The Morgan fingerprint density at radius 1 is 1.32 bits per heavy atom. The number of carbonyl (C=O) groups is 1. The molecule has 4 heteroatoms. The van der Waals surface area contributed by atoms with Crippen molar-refractivity contribution in [3.63, 3.8) is 0 Å². The van der Waals surface area contributed by atoms with Crippen LogP contribution in [0.25, 0.3) is 5.69 Å². The van der Waals surface area contributed by atoms with Crippen LogP contribution in [0.1, 0.15) is 27.2 Å². The number of carbonyl (C=O) groups excluding carboxylic acids is 1. The molecule has 1 aromatic carbocycles. The van der Waals surface area contributed by atoms with Gasteiger partial charge in [-0.25, -0.2) is 4.68 Å². The predicted octanol–water partition coefficient (Wildman–Crippen LogP) is 3.25. The van der Waals surface area contributed by atoms with Gasteiger partial charge in [-0.3, -0.25) is 4.79 Å². The number of hydrogen-bond donors (Lipinski definition) is 1. The molecule has 100 valence electrons. The molecule has 0 unspecified atom stereocenters. The zero-order valence-corrected chi connectivity index (χ0v) is 11.6. The van der Waals surface area contributed by atoms with Crippen molar-refractivity contribution >= 4 is 11.6 Å². The van der Waals surface area contributed by atoms with Crippen LogP contribution in [0.15, 0.2) is 42.7 Å². The van der Waals surface area contributed by atoms with E-state index in [9.17, 15) is 4.79 Å². The Hall–Kier alpha value is -2.10.